The van der Waals surface area contributed by atoms with Crippen molar-refractivity contribution in [2.24, 2.45) is 11.8 Å². The summed E-state index contributed by atoms with van der Waals surface area (Å²) in [4.78, 5) is 84.0. The molecule has 5 amide bonds. The number of likely N-dealkylation sites (tertiary alicyclic amines) is 2. The number of benzene rings is 1. The summed E-state index contributed by atoms with van der Waals surface area (Å²) < 4.78 is 57.5. The number of nitrogens with zero attached hydrogens (tertiary/aromatic N) is 6. The first-order valence-corrected chi connectivity index (χ1v) is 25.4. The number of nitrogens with one attached hydrogen (secondary N) is 4. The van der Waals surface area contributed by atoms with Gasteiger partial charge in [0.25, 0.3) is 0 Å². The zero-order valence-electron chi connectivity index (χ0n) is 41.8. The van der Waals surface area contributed by atoms with E-state index in [0.29, 0.717) is 83.4 Å². The van der Waals surface area contributed by atoms with E-state index < -0.39 is 23.7 Å². The van der Waals surface area contributed by atoms with Crippen LogP contribution in [-0.2, 0) is 44.4 Å². The van der Waals surface area contributed by atoms with E-state index in [1.165, 1.54) is 12.4 Å². The molecule has 4 aliphatic rings. The fraction of sp³-hybridized carbons (Fsp3) is 0.647. The summed E-state index contributed by atoms with van der Waals surface area (Å²) in [7, 11) is 3.79. The van der Waals surface area contributed by atoms with E-state index in [1.54, 1.807) is 30.4 Å². The number of fused-ring (bicyclic) bond motifs is 1. The second-order valence-corrected chi connectivity index (χ2v) is 19.9. The number of carbonyl (C=O) groups excluding carboxylic acids is 5. The maximum Gasteiger partial charge on any atom is 0.416 e. The average molecular weight is 1010 g/mol. The lowest BCUT2D eigenvalue weighted by Gasteiger charge is -2.45. The van der Waals surface area contributed by atoms with Gasteiger partial charge in [0.1, 0.15) is 18.2 Å². The number of pyridine rings is 1. The van der Waals surface area contributed by atoms with Crippen molar-refractivity contribution in [2.75, 3.05) is 72.1 Å². The molecular weight excluding hydrogens is 938 g/mol. The smallest absolute Gasteiger partial charge is 0.379 e. The van der Waals surface area contributed by atoms with Crippen LogP contribution in [0.15, 0.2) is 49.1 Å². The number of rotatable bonds is 23. The van der Waals surface area contributed by atoms with Crippen LogP contribution >= 0.6 is 0 Å². The molecule has 0 bridgehead atoms. The summed E-state index contributed by atoms with van der Waals surface area (Å²) in [5.74, 6) is -0.769. The lowest BCUT2D eigenvalue weighted by molar-refractivity contribution is -0.137. The molecule has 2 aliphatic heterocycles. The van der Waals surface area contributed by atoms with Gasteiger partial charge in [0.05, 0.1) is 74.8 Å². The molecule has 72 heavy (non-hydrogen) atoms. The maximum absolute atomic E-state index is 14.0. The molecule has 0 radical (unpaired) electrons. The third-order valence-corrected chi connectivity index (χ3v) is 14.8. The van der Waals surface area contributed by atoms with E-state index in [1.807, 2.05) is 11.0 Å². The Morgan fingerprint density at radius 3 is 2.33 bits per heavy atom. The number of halogens is 3. The van der Waals surface area contributed by atoms with Crippen LogP contribution in [0, 0.1) is 11.8 Å². The number of amides is 5. The molecule has 2 aliphatic carbocycles. The quantitative estimate of drug-likeness (QED) is 0.0956. The molecule has 2 saturated heterocycles. The summed E-state index contributed by atoms with van der Waals surface area (Å²) in [5.41, 5.74) is 0.332. The van der Waals surface area contributed by atoms with Crippen molar-refractivity contribution in [3.05, 3.63) is 60.2 Å². The van der Waals surface area contributed by atoms with Crippen LogP contribution in [0.1, 0.15) is 102 Å². The van der Waals surface area contributed by atoms with Crippen LogP contribution in [-0.4, -0.2) is 162 Å². The van der Waals surface area contributed by atoms with Gasteiger partial charge in [-0.25, -0.2) is 9.97 Å². The lowest BCUT2D eigenvalue weighted by Crippen LogP contribution is -2.58. The number of anilines is 1. The fourth-order valence-corrected chi connectivity index (χ4v) is 10.7. The number of aromatic nitrogens is 3. The molecule has 4 fully saturated rings. The third-order valence-electron chi connectivity index (χ3n) is 14.8. The first-order valence-electron chi connectivity index (χ1n) is 25.4. The Labute approximate surface area is 419 Å². The summed E-state index contributed by atoms with van der Waals surface area (Å²) in [6.07, 6.45) is 6.56. The predicted molar refractivity (Wildman–Crippen MR) is 261 cm³/mol. The van der Waals surface area contributed by atoms with Crippen molar-refractivity contribution in [1.82, 2.24) is 45.6 Å². The minimum Gasteiger partial charge on any atom is -0.379 e. The molecule has 6 atom stereocenters. The van der Waals surface area contributed by atoms with Gasteiger partial charge in [-0.3, -0.25) is 29.0 Å². The number of ether oxygens (including phenoxy) is 3. The second kappa shape index (κ2) is 25.4. The molecule has 21 heteroatoms. The van der Waals surface area contributed by atoms with Gasteiger partial charge in [-0.1, -0.05) is 6.07 Å². The van der Waals surface area contributed by atoms with Crippen LogP contribution in [0.5, 0.6) is 0 Å². The van der Waals surface area contributed by atoms with Crippen molar-refractivity contribution in [1.29, 1.82) is 0 Å². The molecule has 4 heterocycles. The Kier molecular flexibility index (Phi) is 19.2. The topological polar surface area (TPSA) is 210 Å². The lowest BCUT2D eigenvalue weighted by atomic mass is 9.82. The molecule has 1 aromatic carbocycles. The van der Waals surface area contributed by atoms with E-state index in [9.17, 15) is 37.1 Å². The Hall–Kier alpha value is -5.51. The van der Waals surface area contributed by atoms with Crippen molar-refractivity contribution < 1.29 is 51.4 Å². The van der Waals surface area contributed by atoms with E-state index in [4.69, 9.17) is 14.2 Å². The molecule has 7 rings (SSSR count). The first-order chi connectivity index (χ1) is 34.6. The highest BCUT2D eigenvalue weighted by atomic mass is 19.4. The fourth-order valence-electron chi connectivity index (χ4n) is 10.7. The zero-order chi connectivity index (χ0) is 51.4. The van der Waals surface area contributed by atoms with Gasteiger partial charge in [0.15, 0.2) is 0 Å². The summed E-state index contributed by atoms with van der Waals surface area (Å²) in [6, 6.07) is 5.90. The Balaban J connectivity index is 0.761. The number of alkyl halides is 3. The van der Waals surface area contributed by atoms with Gasteiger partial charge in [-0.2, -0.15) is 13.2 Å². The summed E-state index contributed by atoms with van der Waals surface area (Å²) in [5, 5.41) is 12.6. The predicted octanol–water partition coefficient (Wildman–Crippen LogP) is 4.64. The van der Waals surface area contributed by atoms with Crippen LogP contribution in [0.2, 0.25) is 0 Å². The molecule has 3 aromatic rings. The summed E-state index contributed by atoms with van der Waals surface area (Å²) in [6.45, 7) is 6.91. The average Bonchev–Trinajstić information content (AvgIpc) is 3.87. The SMILES string of the molecule is CC(C)N(C)[C@@H]1CC[C@H](N2CC[C@H](Nc3ncnc4ccc(C(F)(F)F)cc34)C2=O)[C@H](NC(=O)C[C@H]2CC[C@H](NC(=O)CCOCCOCCOCCNC(=O)[C@H]3CC(=O)N(C)[C@@H]3c3cccnc3)CC2)C1. The van der Waals surface area contributed by atoms with E-state index in [-0.39, 0.29) is 96.3 Å². The van der Waals surface area contributed by atoms with Gasteiger partial charge in [-0.15, -0.1) is 0 Å². The van der Waals surface area contributed by atoms with Crippen LogP contribution in [0.3, 0.4) is 0 Å². The highest BCUT2D eigenvalue weighted by Crippen LogP contribution is 2.38. The van der Waals surface area contributed by atoms with Crippen molar-refractivity contribution in [2.45, 2.75) is 133 Å². The standard InChI is InChI=1S/C51H71F3N10O8/c1-32(2)62(3)37-12-14-43(64-19-15-41(50(64)69)61-48-38-27-35(51(52,53)54)9-13-40(38)57-31-58-48)42(28-37)60-45(66)26-33-7-10-36(11-8-33)59-44(65)16-20-70-22-24-72-25-23-71-21-18-56-49(68)39-29-46(67)63(4)47(39)34-6-5-17-55-30-34/h5-6,9,13,17,27,30-33,36-37,39,41-43,47H,7-8,10-12,14-16,18-26,28-29H2,1-4H3,(H,56,68)(H,59,65)(H,60,66)(H,57,58,61)/t33-,36-,37-,39+,41+,42-,43+,47-/m1/s1. The largest absolute Gasteiger partial charge is 0.416 e. The zero-order valence-corrected chi connectivity index (χ0v) is 41.8. The van der Waals surface area contributed by atoms with E-state index >= 15 is 0 Å². The highest BCUT2D eigenvalue weighted by molar-refractivity contribution is 5.93. The van der Waals surface area contributed by atoms with Gasteiger partial charge < -0.3 is 50.2 Å². The van der Waals surface area contributed by atoms with Crippen molar-refractivity contribution in [3.63, 3.8) is 0 Å². The molecule has 394 valence electrons. The van der Waals surface area contributed by atoms with E-state index in [0.717, 1.165) is 49.8 Å². The molecule has 2 saturated carbocycles. The minimum absolute atomic E-state index is 0.0238. The molecule has 18 nitrogen and oxygen atoms in total. The van der Waals surface area contributed by atoms with Gasteiger partial charge in [0.2, 0.25) is 29.5 Å². The van der Waals surface area contributed by atoms with Gasteiger partial charge in [-0.05, 0) is 108 Å². The number of hydrogen-bond donors (Lipinski definition) is 4. The minimum atomic E-state index is -4.55. The summed E-state index contributed by atoms with van der Waals surface area (Å²) >= 11 is 0. The third kappa shape index (κ3) is 14.4. The Morgan fingerprint density at radius 1 is 0.889 bits per heavy atom. The molecule has 0 unspecified atom stereocenters. The van der Waals surface area contributed by atoms with Crippen molar-refractivity contribution in [3.8, 4) is 0 Å². The Morgan fingerprint density at radius 2 is 1.62 bits per heavy atom. The van der Waals surface area contributed by atoms with Crippen LogP contribution in [0.4, 0.5) is 19.0 Å². The van der Waals surface area contributed by atoms with Crippen molar-refractivity contribution >= 4 is 46.3 Å². The first kappa shape index (κ1) is 54.3. The normalized spacial score (nSPS) is 24.8. The number of hydrogen-bond acceptors (Lipinski definition) is 13. The van der Waals surface area contributed by atoms with Gasteiger partial charge >= 0.3 is 6.18 Å². The Bertz CT molecular complexity index is 2300. The highest BCUT2D eigenvalue weighted by Gasteiger charge is 2.45. The van der Waals surface area contributed by atoms with Gasteiger partial charge in [0, 0.05) is 75.3 Å². The van der Waals surface area contributed by atoms with Crippen LogP contribution < -0.4 is 21.3 Å². The molecule has 2 aromatic heterocycles. The monoisotopic (exact) mass is 1010 g/mol. The van der Waals surface area contributed by atoms with E-state index in [2.05, 4.69) is 62.0 Å². The molecule has 4 N–H and O–H groups in total. The number of carbonyl (C=O) groups is 5. The maximum atomic E-state index is 14.0. The van der Waals surface area contributed by atoms with Crippen LogP contribution in [0.25, 0.3) is 10.9 Å². The molecule has 0 spiro atoms. The molecular formula is C51H71F3N10O8. The second-order valence-electron chi connectivity index (χ2n) is 19.9.